The minimum atomic E-state index is 0.653. The Bertz CT molecular complexity index is 391. The predicted molar refractivity (Wildman–Crippen MR) is 75.2 cm³/mol. The van der Waals surface area contributed by atoms with Gasteiger partial charge in [0.25, 0.3) is 0 Å². The summed E-state index contributed by atoms with van der Waals surface area (Å²) < 4.78 is 5.19. The normalized spacial score (nSPS) is 13.6. The van der Waals surface area contributed by atoms with Crippen molar-refractivity contribution in [2.24, 2.45) is 0 Å². The monoisotopic (exact) mass is 232 g/mol. The van der Waals surface area contributed by atoms with Crippen molar-refractivity contribution in [2.45, 2.75) is 46.5 Å². The summed E-state index contributed by atoms with van der Waals surface area (Å²) >= 11 is 0. The van der Waals surface area contributed by atoms with E-state index in [1.165, 1.54) is 29.5 Å². The number of allylic oxidation sites excluding steroid dienone is 1. The van der Waals surface area contributed by atoms with Gasteiger partial charge in [-0.15, -0.1) is 0 Å². The van der Waals surface area contributed by atoms with E-state index in [-0.39, 0.29) is 0 Å². The standard InChI is InChI=1S/C16H24O/c1-6-7-12(2)15-8-9-16(13(3)10-15)11-14(4)17-5/h8-12H,6-7H2,1-5H3/b14-11+. The number of hydrogen-bond acceptors (Lipinski definition) is 1. The zero-order valence-electron chi connectivity index (χ0n) is 11.7. The van der Waals surface area contributed by atoms with Crippen LogP contribution in [0.3, 0.4) is 0 Å². The molecule has 0 bridgehead atoms. The van der Waals surface area contributed by atoms with Gasteiger partial charge in [-0.2, -0.15) is 0 Å². The van der Waals surface area contributed by atoms with Crippen LogP contribution in [0.5, 0.6) is 0 Å². The van der Waals surface area contributed by atoms with E-state index in [0.29, 0.717) is 5.92 Å². The van der Waals surface area contributed by atoms with Gasteiger partial charge in [0.05, 0.1) is 12.9 Å². The largest absolute Gasteiger partial charge is 0.501 e. The van der Waals surface area contributed by atoms with Crippen molar-refractivity contribution in [2.75, 3.05) is 7.11 Å². The van der Waals surface area contributed by atoms with Crippen LogP contribution in [0.15, 0.2) is 24.0 Å². The second-order valence-electron chi connectivity index (χ2n) is 4.76. The van der Waals surface area contributed by atoms with Gasteiger partial charge in [-0.1, -0.05) is 38.5 Å². The van der Waals surface area contributed by atoms with Crippen molar-refractivity contribution in [1.29, 1.82) is 0 Å². The van der Waals surface area contributed by atoms with Crippen LogP contribution in [0.2, 0.25) is 0 Å². The quantitative estimate of drug-likeness (QED) is 0.656. The van der Waals surface area contributed by atoms with Crippen LogP contribution < -0.4 is 0 Å². The Balaban J connectivity index is 2.94. The molecule has 1 rings (SSSR count). The first kappa shape index (κ1) is 13.8. The average molecular weight is 232 g/mol. The molecular weight excluding hydrogens is 208 g/mol. The van der Waals surface area contributed by atoms with Gasteiger partial charge in [0.2, 0.25) is 0 Å². The highest BCUT2D eigenvalue weighted by Crippen LogP contribution is 2.24. The maximum atomic E-state index is 5.19. The summed E-state index contributed by atoms with van der Waals surface area (Å²) in [5.74, 6) is 1.60. The first-order valence-electron chi connectivity index (χ1n) is 6.41. The lowest BCUT2D eigenvalue weighted by Gasteiger charge is -2.12. The van der Waals surface area contributed by atoms with Gasteiger partial charge < -0.3 is 4.74 Å². The fraction of sp³-hybridized carbons (Fsp3) is 0.500. The Morgan fingerprint density at radius 3 is 2.65 bits per heavy atom. The molecule has 1 heteroatoms. The molecule has 0 heterocycles. The number of rotatable bonds is 5. The highest BCUT2D eigenvalue weighted by Gasteiger charge is 2.06. The summed E-state index contributed by atoms with van der Waals surface area (Å²) in [6.07, 6.45) is 4.58. The topological polar surface area (TPSA) is 9.23 Å². The molecular formula is C16H24O. The van der Waals surface area contributed by atoms with Crippen molar-refractivity contribution in [3.63, 3.8) is 0 Å². The molecule has 0 aliphatic rings. The first-order chi connectivity index (χ1) is 8.08. The number of methoxy groups -OCH3 is 1. The minimum Gasteiger partial charge on any atom is -0.501 e. The Kier molecular flexibility index (Phi) is 5.27. The summed E-state index contributed by atoms with van der Waals surface area (Å²) in [6, 6.07) is 6.73. The molecule has 1 nitrogen and oxygen atoms in total. The van der Waals surface area contributed by atoms with Gasteiger partial charge in [-0.05, 0) is 49.0 Å². The number of benzene rings is 1. The summed E-state index contributed by atoms with van der Waals surface area (Å²) in [5.41, 5.74) is 4.01. The van der Waals surface area contributed by atoms with E-state index in [2.05, 4.69) is 45.0 Å². The Labute approximate surface area is 106 Å². The number of ether oxygens (including phenoxy) is 1. The summed E-state index contributed by atoms with van der Waals surface area (Å²) in [7, 11) is 1.71. The lowest BCUT2D eigenvalue weighted by Crippen LogP contribution is -1.95. The third-order valence-electron chi connectivity index (χ3n) is 3.27. The Morgan fingerprint density at radius 1 is 1.41 bits per heavy atom. The van der Waals surface area contributed by atoms with Crippen molar-refractivity contribution in [1.82, 2.24) is 0 Å². The van der Waals surface area contributed by atoms with Crippen LogP contribution in [0, 0.1) is 6.92 Å². The fourth-order valence-corrected chi connectivity index (χ4v) is 2.04. The Morgan fingerprint density at radius 2 is 2.12 bits per heavy atom. The number of aryl methyl sites for hydroxylation is 1. The smallest absolute Gasteiger partial charge is 0.0930 e. The molecule has 0 aliphatic carbocycles. The molecule has 1 aromatic carbocycles. The SMILES string of the molecule is CCCC(C)c1ccc(/C=C(\C)OC)c(C)c1. The van der Waals surface area contributed by atoms with Crippen LogP contribution in [-0.4, -0.2) is 7.11 Å². The second kappa shape index (κ2) is 6.48. The van der Waals surface area contributed by atoms with Gasteiger partial charge in [-0.25, -0.2) is 0 Å². The summed E-state index contributed by atoms with van der Waals surface area (Å²) in [6.45, 7) is 8.68. The van der Waals surface area contributed by atoms with Gasteiger partial charge >= 0.3 is 0 Å². The third-order valence-corrected chi connectivity index (χ3v) is 3.27. The molecule has 1 unspecified atom stereocenters. The van der Waals surface area contributed by atoms with Crippen LogP contribution in [0.4, 0.5) is 0 Å². The highest BCUT2D eigenvalue weighted by atomic mass is 16.5. The van der Waals surface area contributed by atoms with E-state index < -0.39 is 0 Å². The molecule has 17 heavy (non-hydrogen) atoms. The maximum Gasteiger partial charge on any atom is 0.0930 e. The fourth-order valence-electron chi connectivity index (χ4n) is 2.04. The van der Waals surface area contributed by atoms with Crippen molar-refractivity contribution in [3.8, 4) is 0 Å². The molecule has 0 saturated carbocycles. The van der Waals surface area contributed by atoms with E-state index in [1.54, 1.807) is 7.11 Å². The minimum absolute atomic E-state index is 0.653. The maximum absolute atomic E-state index is 5.19. The van der Waals surface area contributed by atoms with Crippen molar-refractivity contribution < 1.29 is 4.74 Å². The molecule has 0 radical (unpaired) electrons. The van der Waals surface area contributed by atoms with E-state index >= 15 is 0 Å². The third kappa shape index (κ3) is 3.92. The molecule has 0 fully saturated rings. The van der Waals surface area contributed by atoms with E-state index in [4.69, 9.17) is 4.74 Å². The van der Waals surface area contributed by atoms with Crippen molar-refractivity contribution >= 4 is 6.08 Å². The molecule has 0 aromatic heterocycles. The molecule has 1 atom stereocenters. The van der Waals surface area contributed by atoms with E-state index in [0.717, 1.165) is 5.76 Å². The van der Waals surface area contributed by atoms with Gasteiger partial charge in [0.1, 0.15) is 0 Å². The zero-order chi connectivity index (χ0) is 12.8. The summed E-state index contributed by atoms with van der Waals surface area (Å²) in [4.78, 5) is 0. The van der Waals surface area contributed by atoms with Crippen LogP contribution in [-0.2, 0) is 4.74 Å². The van der Waals surface area contributed by atoms with Gasteiger partial charge in [0, 0.05) is 0 Å². The molecule has 0 amide bonds. The predicted octanol–water partition coefficient (Wildman–Crippen LogP) is 4.91. The first-order valence-corrected chi connectivity index (χ1v) is 6.41. The van der Waals surface area contributed by atoms with Crippen LogP contribution >= 0.6 is 0 Å². The summed E-state index contributed by atoms with van der Waals surface area (Å²) in [5, 5.41) is 0. The molecule has 94 valence electrons. The molecule has 0 N–H and O–H groups in total. The second-order valence-corrected chi connectivity index (χ2v) is 4.76. The molecule has 0 saturated heterocycles. The van der Waals surface area contributed by atoms with Gasteiger partial charge in [-0.3, -0.25) is 0 Å². The van der Waals surface area contributed by atoms with Crippen LogP contribution in [0.1, 0.15) is 56.2 Å². The lowest BCUT2D eigenvalue weighted by molar-refractivity contribution is 0.297. The molecule has 0 aliphatic heterocycles. The molecule has 0 spiro atoms. The number of hydrogen-bond donors (Lipinski definition) is 0. The molecule has 1 aromatic rings. The van der Waals surface area contributed by atoms with E-state index in [1.807, 2.05) is 6.92 Å². The zero-order valence-corrected chi connectivity index (χ0v) is 11.7. The lowest BCUT2D eigenvalue weighted by atomic mass is 9.93. The van der Waals surface area contributed by atoms with E-state index in [9.17, 15) is 0 Å². The van der Waals surface area contributed by atoms with Gasteiger partial charge in [0.15, 0.2) is 0 Å². The highest BCUT2D eigenvalue weighted by molar-refractivity contribution is 5.55. The average Bonchev–Trinajstić information content (AvgIpc) is 2.31. The van der Waals surface area contributed by atoms with Crippen molar-refractivity contribution in [3.05, 3.63) is 40.6 Å². The van der Waals surface area contributed by atoms with Crippen LogP contribution in [0.25, 0.3) is 6.08 Å². The Hall–Kier alpha value is -1.24.